The lowest BCUT2D eigenvalue weighted by Gasteiger charge is -2.25. The lowest BCUT2D eigenvalue weighted by Crippen LogP contribution is -2.35. The van der Waals surface area contributed by atoms with Gasteiger partial charge in [-0.15, -0.1) is 0 Å². The molecule has 0 bridgehead atoms. The molecule has 2 aliphatic rings. The Morgan fingerprint density at radius 3 is 2.60 bits per heavy atom. The van der Waals surface area contributed by atoms with Gasteiger partial charge in [0.25, 0.3) is 0 Å². The second-order valence-corrected chi connectivity index (χ2v) is 5.16. The van der Waals surface area contributed by atoms with Crippen molar-refractivity contribution < 1.29 is 4.74 Å². The van der Waals surface area contributed by atoms with Crippen LogP contribution in [-0.4, -0.2) is 25.8 Å². The van der Waals surface area contributed by atoms with Gasteiger partial charge in [-0.1, -0.05) is 26.2 Å². The molecule has 2 heteroatoms. The highest BCUT2D eigenvalue weighted by Gasteiger charge is 2.30. The molecule has 1 atom stereocenters. The summed E-state index contributed by atoms with van der Waals surface area (Å²) in [5, 5.41) is 3.54. The molecule has 0 radical (unpaired) electrons. The Bertz CT molecular complexity index is 175. The predicted molar refractivity (Wildman–Crippen MR) is 63.0 cm³/mol. The maximum Gasteiger partial charge on any atom is 0.0622 e. The van der Waals surface area contributed by atoms with Crippen molar-refractivity contribution in [2.75, 3.05) is 19.8 Å². The van der Waals surface area contributed by atoms with E-state index in [1.54, 1.807) is 0 Å². The Labute approximate surface area is 93.8 Å². The fourth-order valence-electron chi connectivity index (χ4n) is 2.36. The molecule has 2 aliphatic carbocycles. The van der Waals surface area contributed by atoms with E-state index >= 15 is 0 Å². The summed E-state index contributed by atoms with van der Waals surface area (Å²) in [4.78, 5) is 0. The third kappa shape index (κ3) is 3.76. The second kappa shape index (κ2) is 5.86. The fraction of sp³-hybridized carbons (Fsp3) is 1.00. The molecule has 0 aliphatic heterocycles. The normalized spacial score (nSPS) is 23.8. The van der Waals surface area contributed by atoms with E-state index < -0.39 is 0 Å². The van der Waals surface area contributed by atoms with Gasteiger partial charge in [0.15, 0.2) is 0 Å². The van der Waals surface area contributed by atoms with Crippen LogP contribution in [0, 0.1) is 11.8 Å². The number of nitrogens with one attached hydrogen (secondary N) is 1. The summed E-state index contributed by atoms with van der Waals surface area (Å²) < 4.78 is 5.79. The average Bonchev–Trinajstić information content (AvgIpc) is 2.96. The molecular weight excluding hydrogens is 186 g/mol. The molecule has 0 spiro atoms. The Morgan fingerprint density at radius 2 is 2.07 bits per heavy atom. The minimum atomic E-state index is 0.636. The van der Waals surface area contributed by atoms with Gasteiger partial charge in [0.2, 0.25) is 0 Å². The Balaban J connectivity index is 1.50. The molecule has 0 heterocycles. The van der Waals surface area contributed by atoms with Crippen LogP contribution < -0.4 is 5.32 Å². The van der Waals surface area contributed by atoms with Crippen molar-refractivity contribution in [1.29, 1.82) is 0 Å². The van der Waals surface area contributed by atoms with Crippen LogP contribution in [0.15, 0.2) is 0 Å². The van der Waals surface area contributed by atoms with Gasteiger partial charge < -0.3 is 10.1 Å². The average molecular weight is 211 g/mol. The summed E-state index contributed by atoms with van der Waals surface area (Å²) in [6, 6.07) is 0.636. The second-order valence-electron chi connectivity index (χ2n) is 5.16. The molecule has 0 amide bonds. The zero-order chi connectivity index (χ0) is 10.5. The van der Waals surface area contributed by atoms with Crippen LogP contribution >= 0.6 is 0 Å². The first-order valence-corrected chi connectivity index (χ1v) is 6.71. The van der Waals surface area contributed by atoms with Crippen LogP contribution in [0.2, 0.25) is 0 Å². The van der Waals surface area contributed by atoms with Crippen LogP contribution in [0.3, 0.4) is 0 Å². The maximum absolute atomic E-state index is 5.79. The third-order valence-corrected chi connectivity index (χ3v) is 3.85. The fourth-order valence-corrected chi connectivity index (χ4v) is 2.36. The minimum Gasteiger partial charge on any atom is -0.380 e. The Morgan fingerprint density at radius 1 is 1.27 bits per heavy atom. The molecule has 2 rings (SSSR count). The lowest BCUT2D eigenvalue weighted by molar-refractivity contribution is 0.0846. The highest BCUT2D eigenvalue weighted by Crippen LogP contribution is 2.33. The quantitative estimate of drug-likeness (QED) is 0.623. The van der Waals surface area contributed by atoms with E-state index in [2.05, 4.69) is 12.2 Å². The molecule has 2 saturated carbocycles. The highest BCUT2D eigenvalue weighted by atomic mass is 16.5. The van der Waals surface area contributed by atoms with Crippen molar-refractivity contribution >= 4 is 0 Å². The summed E-state index contributed by atoms with van der Waals surface area (Å²) in [7, 11) is 0. The monoisotopic (exact) mass is 211 g/mol. The number of likely N-dealkylation sites (N-methyl/N-ethyl adjacent to an activating group) is 1. The molecule has 0 saturated heterocycles. The summed E-state index contributed by atoms with van der Waals surface area (Å²) in [6.07, 6.45) is 8.45. The molecule has 2 nitrogen and oxygen atoms in total. The summed E-state index contributed by atoms with van der Waals surface area (Å²) in [5.74, 6) is 1.90. The van der Waals surface area contributed by atoms with Crippen LogP contribution in [0.4, 0.5) is 0 Å². The van der Waals surface area contributed by atoms with Crippen molar-refractivity contribution in [3.63, 3.8) is 0 Å². The van der Waals surface area contributed by atoms with Crippen molar-refractivity contribution in [1.82, 2.24) is 5.32 Å². The van der Waals surface area contributed by atoms with Crippen LogP contribution in [0.5, 0.6) is 0 Å². The first kappa shape index (κ1) is 11.4. The molecular formula is C13H25NO. The SMILES string of the molecule is CCNC(COCCC1CCC1)C1CC1. The highest BCUT2D eigenvalue weighted by molar-refractivity contribution is 4.86. The topological polar surface area (TPSA) is 21.3 Å². The van der Waals surface area contributed by atoms with Crippen LogP contribution in [0.1, 0.15) is 45.4 Å². The van der Waals surface area contributed by atoms with Gasteiger partial charge in [0.05, 0.1) is 6.61 Å². The van der Waals surface area contributed by atoms with Crippen molar-refractivity contribution in [2.24, 2.45) is 11.8 Å². The molecule has 1 unspecified atom stereocenters. The van der Waals surface area contributed by atoms with Gasteiger partial charge in [0, 0.05) is 12.6 Å². The van der Waals surface area contributed by atoms with Crippen molar-refractivity contribution in [2.45, 2.75) is 51.5 Å². The van der Waals surface area contributed by atoms with Gasteiger partial charge in [-0.05, 0) is 37.6 Å². The molecule has 88 valence electrons. The summed E-state index contributed by atoms with van der Waals surface area (Å²) in [5.41, 5.74) is 0. The maximum atomic E-state index is 5.79. The first-order chi connectivity index (χ1) is 7.40. The molecule has 15 heavy (non-hydrogen) atoms. The number of rotatable bonds is 8. The van der Waals surface area contributed by atoms with E-state index in [0.29, 0.717) is 6.04 Å². The van der Waals surface area contributed by atoms with Crippen molar-refractivity contribution in [3.8, 4) is 0 Å². The Kier molecular flexibility index (Phi) is 4.45. The number of ether oxygens (including phenoxy) is 1. The number of hydrogen-bond acceptors (Lipinski definition) is 2. The molecule has 0 aromatic rings. The summed E-state index contributed by atoms with van der Waals surface area (Å²) in [6.45, 7) is 5.18. The predicted octanol–water partition coefficient (Wildman–Crippen LogP) is 2.58. The van der Waals surface area contributed by atoms with Crippen LogP contribution in [-0.2, 0) is 4.74 Å². The van der Waals surface area contributed by atoms with E-state index in [0.717, 1.165) is 31.6 Å². The standard InChI is InChI=1S/C13H25NO/c1-2-14-13(12-6-7-12)10-15-9-8-11-4-3-5-11/h11-14H,2-10H2,1H3. The molecule has 2 fully saturated rings. The van der Waals surface area contributed by atoms with Crippen LogP contribution in [0.25, 0.3) is 0 Å². The first-order valence-electron chi connectivity index (χ1n) is 6.71. The van der Waals surface area contributed by atoms with Gasteiger partial charge in [-0.3, -0.25) is 0 Å². The minimum absolute atomic E-state index is 0.636. The van der Waals surface area contributed by atoms with Gasteiger partial charge >= 0.3 is 0 Å². The molecule has 0 aromatic heterocycles. The lowest BCUT2D eigenvalue weighted by atomic mass is 9.83. The number of hydrogen-bond donors (Lipinski definition) is 1. The Hall–Kier alpha value is -0.0800. The van der Waals surface area contributed by atoms with E-state index in [1.807, 2.05) is 0 Å². The third-order valence-electron chi connectivity index (χ3n) is 3.85. The van der Waals surface area contributed by atoms with E-state index in [-0.39, 0.29) is 0 Å². The van der Waals surface area contributed by atoms with E-state index in [9.17, 15) is 0 Å². The van der Waals surface area contributed by atoms with Crippen molar-refractivity contribution in [3.05, 3.63) is 0 Å². The summed E-state index contributed by atoms with van der Waals surface area (Å²) >= 11 is 0. The zero-order valence-electron chi connectivity index (χ0n) is 10.0. The van der Waals surface area contributed by atoms with Gasteiger partial charge in [-0.2, -0.15) is 0 Å². The van der Waals surface area contributed by atoms with Gasteiger partial charge in [0.1, 0.15) is 0 Å². The van der Waals surface area contributed by atoms with Gasteiger partial charge in [-0.25, -0.2) is 0 Å². The zero-order valence-corrected chi connectivity index (χ0v) is 10.0. The largest absolute Gasteiger partial charge is 0.380 e. The smallest absolute Gasteiger partial charge is 0.0622 e. The van der Waals surface area contributed by atoms with E-state index in [4.69, 9.17) is 4.74 Å². The molecule has 1 N–H and O–H groups in total. The van der Waals surface area contributed by atoms with E-state index in [1.165, 1.54) is 38.5 Å². The molecule has 0 aromatic carbocycles.